The number of aliphatic imine (C=N–C) groups is 1. The zero-order chi connectivity index (χ0) is 20.4. The molecule has 0 saturated carbocycles. The van der Waals surface area contributed by atoms with Crippen molar-refractivity contribution in [2.75, 3.05) is 40.5 Å². The highest BCUT2D eigenvalue weighted by Gasteiger charge is 2.32. The van der Waals surface area contributed by atoms with Gasteiger partial charge in [0.1, 0.15) is 11.5 Å². The van der Waals surface area contributed by atoms with E-state index in [2.05, 4.69) is 10.6 Å². The van der Waals surface area contributed by atoms with Crippen LogP contribution in [0.1, 0.15) is 24.2 Å². The van der Waals surface area contributed by atoms with Crippen molar-refractivity contribution in [3.8, 4) is 5.75 Å². The van der Waals surface area contributed by atoms with E-state index in [1.54, 1.807) is 20.5 Å². The van der Waals surface area contributed by atoms with Crippen LogP contribution in [0.5, 0.6) is 5.75 Å². The van der Waals surface area contributed by atoms with Crippen LogP contribution in [0.15, 0.2) is 52.1 Å². The van der Waals surface area contributed by atoms with E-state index >= 15 is 0 Å². The second-order valence-corrected chi connectivity index (χ2v) is 7.12. The number of ether oxygens (including phenoxy) is 3. The smallest absolute Gasteiger partial charge is 0.191 e. The van der Waals surface area contributed by atoms with Crippen molar-refractivity contribution in [3.05, 3.63) is 54.0 Å². The lowest BCUT2D eigenvalue weighted by Gasteiger charge is -2.36. The number of hydrogen-bond donors (Lipinski definition) is 2. The van der Waals surface area contributed by atoms with E-state index in [1.165, 1.54) is 0 Å². The van der Waals surface area contributed by atoms with E-state index in [-0.39, 0.29) is 29.6 Å². The summed E-state index contributed by atoms with van der Waals surface area (Å²) < 4.78 is 21.9. The van der Waals surface area contributed by atoms with Gasteiger partial charge in [-0.15, -0.1) is 24.0 Å². The molecule has 2 heterocycles. The molecule has 2 aromatic rings. The summed E-state index contributed by atoms with van der Waals surface area (Å²) in [6, 6.07) is 11.8. The minimum Gasteiger partial charge on any atom is -0.497 e. The average molecular weight is 529 g/mol. The maximum atomic E-state index is 5.83. The van der Waals surface area contributed by atoms with Gasteiger partial charge in [0.15, 0.2) is 5.96 Å². The van der Waals surface area contributed by atoms with Crippen LogP contribution in [0.25, 0.3) is 0 Å². The minimum absolute atomic E-state index is 0. The van der Waals surface area contributed by atoms with Gasteiger partial charge in [0.25, 0.3) is 0 Å². The van der Waals surface area contributed by atoms with E-state index in [4.69, 9.17) is 23.6 Å². The fourth-order valence-electron chi connectivity index (χ4n) is 3.28. The summed E-state index contributed by atoms with van der Waals surface area (Å²) in [5, 5.41) is 6.86. The Kier molecular flexibility index (Phi) is 10.5. The van der Waals surface area contributed by atoms with Gasteiger partial charge >= 0.3 is 0 Å². The molecule has 0 unspecified atom stereocenters. The third-order valence-corrected chi connectivity index (χ3v) is 5.24. The Morgan fingerprint density at radius 3 is 2.50 bits per heavy atom. The molecular formula is C22H32IN3O4. The monoisotopic (exact) mass is 529 g/mol. The van der Waals surface area contributed by atoms with Crippen molar-refractivity contribution in [1.82, 2.24) is 10.6 Å². The molecule has 0 amide bonds. The highest BCUT2D eigenvalue weighted by atomic mass is 127. The van der Waals surface area contributed by atoms with Gasteiger partial charge in [-0.05, 0) is 29.8 Å². The number of nitrogens with zero attached hydrogens (tertiary/aromatic N) is 1. The summed E-state index contributed by atoms with van der Waals surface area (Å²) in [6.45, 7) is 3.43. The van der Waals surface area contributed by atoms with Crippen LogP contribution in [0, 0.1) is 0 Å². The number of nitrogens with one attached hydrogen (secondary N) is 2. The Morgan fingerprint density at radius 2 is 1.87 bits per heavy atom. The maximum Gasteiger partial charge on any atom is 0.191 e. The summed E-state index contributed by atoms with van der Waals surface area (Å²) in [5.74, 6) is 2.55. The normalized spacial score (nSPS) is 15.9. The Balaban J connectivity index is 0.00000320. The largest absolute Gasteiger partial charge is 0.497 e. The highest BCUT2D eigenvalue weighted by Crippen LogP contribution is 2.23. The number of hydrogen-bond acceptors (Lipinski definition) is 5. The third kappa shape index (κ3) is 7.48. The number of guanidine groups is 1. The van der Waals surface area contributed by atoms with Crippen molar-refractivity contribution in [2.24, 2.45) is 4.99 Å². The summed E-state index contributed by atoms with van der Waals surface area (Å²) in [6.07, 6.45) is 4.22. The number of furan rings is 1. The number of rotatable bonds is 9. The number of halogens is 1. The van der Waals surface area contributed by atoms with Crippen LogP contribution >= 0.6 is 24.0 Å². The molecular weight excluding hydrogens is 497 g/mol. The fraction of sp³-hybridized carbons (Fsp3) is 0.500. The molecule has 166 valence electrons. The van der Waals surface area contributed by atoms with Crippen molar-refractivity contribution >= 4 is 29.9 Å². The molecule has 1 fully saturated rings. The van der Waals surface area contributed by atoms with Gasteiger partial charge in [-0.25, -0.2) is 4.99 Å². The second-order valence-electron chi connectivity index (χ2n) is 7.12. The zero-order valence-corrected chi connectivity index (χ0v) is 20.0. The summed E-state index contributed by atoms with van der Waals surface area (Å²) >= 11 is 0. The second kappa shape index (κ2) is 12.8. The quantitative estimate of drug-likeness (QED) is 0.295. The van der Waals surface area contributed by atoms with E-state index < -0.39 is 0 Å². The zero-order valence-electron chi connectivity index (χ0n) is 17.7. The standard InChI is InChI=1S/C22H31N3O4.HI/c1-26-19-7-5-18(6-8-19)16-24-21(23-12-9-20-4-3-13-29-20)25-17-22(27-2)10-14-28-15-11-22;/h3-8,13H,9-12,14-17H2,1-2H3,(H2,23,24,25);1H. The molecule has 30 heavy (non-hydrogen) atoms. The van der Waals surface area contributed by atoms with Crippen LogP contribution in [-0.2, 0) is 22.4 Å². The van der Waals surface area contributed by atoms with Gasteiger partial charge in [0.05, 0.1) is 25.5 Å². The first-order chi connectivity index (χ1) is 14.2. The molecule has 8 heteroatoms. The molecule has 0 bridgehead atoms. The van der Waals surface area contributed by atoms with Crippen LogP contribution in [-0.4, -0.2) is 52.1 Å². The van der Waals surface area contributed by atoms with Crippen molar-refractivity contribution in [1.29, 1.82) is 0 Å². The van der Waals surface area contributed by atoms with Crippen molar-refractivity contribution in [2.45, 2.75) is 31.4 Å². The molecule has 0 spiro atoms. The first-order valence-corrected chi connectivity index (χ1v) is 10.0. The molecule has 0 aliphatic carbocycles. The van der Waals surface area contributed by atoms with Crippen molar-refractivity contribution in [3.63, 3.8) is 0 Å². The molecule has 1 saturated heterocycles. The Hall–Kier alpha value is -1.78. The molecule has 0 atom stereocenters. The first-order valence-electron chi connectivity index (χ1n) is 10.0. The van der Waals surface area contributed by atoms with Crippen molar-refractivity contribution < 1.29 is 18.6 Å². The molecule has 1 aromatic carbocycles. The van der Waals surface area contributed by atoms with Crippen LogP contribution in [0.4, 0.5) is 0 Å². The summed E-state index contributed by atoms with van der Waals surface area (Å²) in [4.78, 5) is 4.75. The Morgan fingerprint density at radius 1 is 1.10 bits per heavy atom. The molecule has 0 radical (unpaired) electrons. The minimum atomic E-state index is -0.220. The number of methoxy groups -OCH3 is 2. The fourth-order valence-corrected chi connectivity index (χ4v) is 3.28. The van der Waals surface area contributed by atoms with Gasteiger partial charge in [0, 0.05) is 52.7 Å². The molecule has 3 rings (SSSR count). The molecule has 1 aromatic heterocycles. The topological polar surface area (TPSA) is 77.2 Å². The van der Waals surface area contributed by atoms with Gasteiger partial charge in [-0.1, -0.05) is 12.1 Å². The summed E-state index contributed by atoms with van der Waals surface area (Å²) in [5.41, 5.74) is 0.896. The van der Waals surface area contributed by atoms with Gasteiger partial charge in [-0.3, -0.25) is 0 Å². The van der Waals surface area contributed by atoms with E-state index in [1.807, 2.05) is 36.4 Å². The molecule has 1 aliphatic rings. The lowest BCUT2D eigenvalue weighted by atomic mass is 9.94. The third-order valence-electron chi connectivity index (χ3n) is 5.24. The average Bonchev–Trinajstić information content (AvgIpc) is 3.30. The first kappa shape index (κ1) is 24.5. The lowest BCUT2D eigenvalue weighted by Crippen LogP contribution is -2.51. The van der Waals surface area contributed by atoms with Crippen LogP contribution in [0.2, 0.25) is 0 Å². The van der Waals surface area contributed by atoms with Gasteiger partial charge in [0.2, 0.25) is 0 Å². The highest BCUT2D eigenvalue weighted by molar-refractivity contribution is 14.0. The van der Waals surface area contributed by atoms with Crippen LogP contribution in [0.3, 0.4) is 0 Å². The predicted octanol–water partition coefficient (Wildman–Crippen LogP) is 3.38. The van der Waals surface area contributed by atoms with Gasteiger partial charge < -0.3 is 29.3 Å². The Bertz CT molecular complexity index is 744. The molecule has 2 N–H and O–H groups in total. The van der Waals surface area contributed by atoms with E-state index in [0.717, 1.165) is 62.1 Å². The maximum absolute atomic E-state index is 5.83. The molecule has 1 aliphatic heterocycles. The molecule has 7 nitrogen and oxygen atoms in total. The Labute approximate surface area is 195 Å². The van der Waals surface area contributed by atoms with Crippen LogP contribution < -0.4 is 15.4 Å². The SMILES string of the molecule is COc1ccc(CN=C(NCCc2ccco2)NCC2(OC)CCOCC2)cc1.I. The predicted molar refractivity (Wildman–Crippen MR) is 128 cm³/mol. The lowest BCUT2D eigenvalue weighted by molar-refractivity contribution is -0.0855. The number of benzene rings is 1. The van der Waals surface area contributed by atoms with Gasteiger partial charge in [-0.2, -0.15) is 0 Å². The summed E-state index contributed by atoms with van der Waals surface area (Å²) in [7, 11) is 3.44. The van der Waals surface area contributed by atoms with E-state index in [9.17, 15) is 0 Å². The van der Waals surface area contributed by atoms with E-state index in [0.29, 0.717) is 13.1 Å².